The number of aliphatic imine (C=N–C) groups is 1. The van der Waals surface area contributed by atoms with Crippen LogP contribution in [0.15, 0.2) is 29.4 Å². The molecule has 138 valence electrons. The molecule has 6 nitrogen and oxygen atoms in total. The monoisotopic (exact) mass is 344 g/mol. The molecule has 2 aliphatic heterocycles. The van der Waals surface area contributed by atoms with E-state index in [-0.39, 0.29) is 0 Å². The second kappa shape index (κ2) is 9.04. The van der Waals surface area contributed by atoms with Crippen LogP contribution in [0, 0.1) is 5.92 Å². The second-order valence-corrected chi connectivity index (χ2v) is 7.13. The molecule has 3 rings (SSSR count). The third kappa shape index (κ3) is 5.08. The fourth-order valence-electron chi connectivity index (χ4n) is 3.75. The number of pyridine rings is 1. The van der Waals surface area contributed by atoms with E-state index >= 15 is 0 Å². The Bertz CT molecular complexity index is 538. The van der Waals surface area contributed by atoms with E-state index in [2.05, 4.69) is 51.1 Å². The summed E-state index contributed by atoms with van der Waals surface area (Å²) >= 11 is 0. The summed E-state index contributed by atoms with van der Waals surface area (Å²) < 4.78 is 0. The maximum absolute atomic E-state index is 4.96. The van der Waals surface area contributed by atoms with Crippen molar-refractivity contribution in [3.05, 3.63) is 24.4 Å². The topological polar surface area (TPSA) is 47.0 Å². The van der Waals surface area contributed by atoms with Crippen molar-refractivity contribution in [3.63, 3.8) is 0 Å². The molecule has 0 bridgehead atoms. The number of piperazine rings is 1. The number of anilines is 1. The van der Waals surface area contributed by atoms with Gasteiger partial charge in [0.2, 0.25) is 0 Å². The van der Waals surface area contributed by atoms with Gasteiger partial charge in [0.15, 0.2) is 5.96 Å². The molecule has 1 aromatic rings. The molecule has 1 aromatic heterocycles. The third-order valence-corrected chi connectivity index (χ3v) is 5.11. The number of hydrogen-bond donors (Lipinski definition) is 1. The van der Waals surface area contributed by atoms with Gasteiger partial charge in [-0.3, -0.25) is 4.99 Å². The van der Waals surface area contributed by atoms with Crippen molar-refractivity contribution in [1.29, 1.82) is 0 Å². The molecule has 3 heterocycles. The van der Waals surface area contributed by atoms with E-state index in [1.54, 1.807) is 0 Å². The Morgan fingerprint density at radius 2 is 2.08 bits per heavy atom. The smallest absolute Gasteiger partial charge is 0.194 e. The molecular formula is C19H32N6. The first-order chi connectivity index (χ1) is 12.3. The van der Waals surface area contributed by atoms with Crippen LogP contribution in [0.1, 0.15) is 19.8 Å². The highest BCUT2D eigenvalue weighted by Gasteiger charge is 2.21. The van der Waals surface area contributed by atoms with Crippen LogP contribution in [-0.4, -0.2) is 80.1 Å². The maximum atomic E-state index is 4.96. The molecule has 2 fully saturated rings. The standard InChI is InChI=1S/C19H32N6/c1-3-20-19(22-15-17-7-6-10-23(2)16-17)25-13-11-24(12-14-25)18-8-4-5-9-21-18/h4-5,8-9,17H,3,6-7,10-16H2,1-2H3,(H,20,22). The molecule has 25 heavy (non-hydrogen) atoms. The van der Waals surface area contributed by atoms with Crippen LogP contribution >= 0.6 is 0 Å². The number of nitrogens with one attached hydrogen (secondary N) is 1. The lowest BCUT2D eigenvalue weighted by molar-refractivity contribution is 0.214. The Labute approximate surface area is 151 Å². The molecule has 1 N–H and O–H groups in total. The minimum absolute atomic E-state index is 0.696. The normalized spacial score (nSPS) is 23.0. The van der Waals surface area contributed by atoms with Gasteiger partial charge in [0.25, 0.3) is 0 Å². The first kappa shape index (κ1) is 18.0. The highest BCUT2D eigenvalue weighted by Crippen LogP contribution is 2.16. The molecule has 2 aliphatic rings. The summed E-state index contributed by atoms with van der Waals surface area (Å²) in [6.45, 7) is 10.4. The summed E-state index contributed by atoms with van der Waals surface area (Å²) in [6, 6.07) is 6.12. The third-order valence-electron chi connectivity index (χ3n) is 5.11. The number of piperidine rings is 1. The zero-order valence-electron chi connectivity index (χ0n) is 15.7. The molecule has 1 unspecified atom stereocenters. The minimum Gasteiger partial charge on any atom is -0.357 e. The molecule has 0 radical (unpaired) electrons. The van der Waals surface area contributed by atoms with Gasteiger partial charge in [-0.1, -0.05) is 6.07 Å². The van der Waals surface area contributed by atoms with Gasteiger partial charge in [0, 0.05) is 52.0 Å². The predicted octanol–water partition coefficient (Wildman–Crippen LogP) is 1.51. The molecule has 0 saturated carbocycles. The number of rotatable bonds is 4. The molecule has 0 aromatic carbocycles. The van der Waals surface area contributed by atoms with Gasteiger partial charge in [-0.05, 0) is 51.4 Å². The number of hydrogen-bond acceptors (Lipinski definition) is 4. The van der Waals surface area contributed by atoms with Crippen molar-refractivity contribution < 1.29 is 0 Å². The van der Waals surface area contributed by atoms with Crippen molar-refractivity contribution in [2.45, 2.75) is 19.8 Å². The Morgan fingerprint density at radius 1 is 1.24 bits per heavy atom. The largest absolute Gasteiger partial charge is 0.357 e. The molecular weight excluding hydrogens is 312 g/mol. The van der Waals surface area contributed by atoms with Crippen molar-refractivity contribution in [2.24, 2.45) is 10.9 Å². The average molecular weight is 345 g/mol. The first-order valence-electron chi connectivity index (χ1n) is 9.64. The van der Waals surface area contributed by atoms with Gasteiger partial charge in [-0.15, -0.1) is 0 Å². The van der Waals surface area contributed by atoms with Gasteiger partial charge < -0.3 is 20.0 Å². The van der Waals surface area contributed by atoms with E-state index < -0.39 is 0 Å². The van der Waals surface area contributed by atoms with Crippen molar-refractivity contribution in [3.8, 4) is 0 Å². The van der Waals surface area contributed by atoms with Crippen LogP contribution in [0.2, 0.25) is 0 Å². The lowest BCUT2D eigenvalue weighted by atomic mass is 9.99. The Balaban J connectivity index is 1.55. The minimum atomic E-state index is 0.696. The zero-order valence-corrected chi connectivity index (χ0v) is 15.7. The van der Waals surface area contributed by atoms with Gasteiger partial charge >= 0.3 is 0 Å². The van der Waals surface area contributed by atoms with Crippen molar-refractivity contribution >= 4 is 11.8 Å². The van der Waals surface area contributed by atoms with Gasteiger partial charge in [0.1, 0.15) is 5.82 Å². The van der Waals surface area contributed by atoms with Crippen LogP contribution in [0.3, 0.4) is 0 Å². The van der Waals surface area contributed by atoms with E-state index in [0.717, 1.165) is 51.0 Å². The van der Waals surface area contributed by atoms with Crippen molar-refractivity contribution in [2.75, 3.05) is 64.3 Å². The highest BCUT2D eigenvalue weighted by molar-refractivity contribution is 5.80. The van der Waals surface area contributed by atoms with E-state index in [0.29, 0.717) is 5.92 Å². The molecule has 1 atom stereocenters. The summed E-state index contributed by atoms with van der Waals surface area (Å²) in [7, 11) is 2.22. The van der Waals surface area contributed by atoms with Gasteiger partial charge in [0.05, 0.1) is 0 Å². The fraction of sp³-hybridized carbons (Fsp3) is 0.684. The van der Waals surface area contributed by atoms with Crippen LogP contribution < -0.4 is 10.2 Å². The summed E-state index contributed by atoms with van der Waals surface area (Å²) in [5.74, 6) is 2.85. The van der Waals surface area contributed by atoms with Crippen LogP contribution in [-0.2, 0) is 0 Å². The average Bonchev–Trinajstić information content (AvgIpc) is 2.66. The van der Waals surface area contributed by atoms with E-state index in [4.69, 9.17) is 4.99 Å². The van der Waals surface area contributed by atoms with Gasteiger partial charge in [-0.25, -0.2) is 4.98 Å². The van der Waals surface area contributed by atoms with E-state index in [9.17, 15) is 0 Å². The Hall–Kier alpha value is -1.82. The van der Waals surface area contributed by atoms with E-state index in [1.165, 1.54) is 25.9 Å². The number of nitrogens with zero attached hydrogens (tertiary/aromatic N) is 5. The van der Waals surface area contributed by atoms with Crippen molar-refractivity contribution in [1.82, 2.24) is 20.1 Å². The fourth-order valence-corrected chi connectivity index (χ4v) is 3.75. The summed E-state index contributed by atoms with van der Waals surface area (Å²) in [5.41, 5.74) is 0. The first-order valence-corrected chi connectivity index (χ1v) is 9.64. The van der Waals surface area contributed by atoms with Crippen LogP contribution in [0.25, 0.3) is 0 Å². The Morgan fingerprint density at radius 3 is 2.76 bits per heavy atom. The predicted molar refractivity (Wildman–Crippen MR) is 104 cm³/mol. The highest BCUT2D eigenvalue weighted by atomic mass is 15.4. The molecule has 0 amide bonds. The van der Waals surface area contributed by atoms with Crippen LogP contribution in [0.5, 0.6) is 0 Å². The maximum Gasteiger partial charge on any atom is 0.194 e. The SMILES string of the molecule is CCNC(=NCC1CCCN(C)C1)N1CCN(c2ccccn2)CC1. The zero-order chi connectivity index (χ0) is 17.5. The molecule has 6 heteroatoms. The summed E-state index contributed by atoms with van der Waals surface area (Å²) in [5, 5.41) is 3.49. The lowest BCUT2D eigenvalue weighted by Crippen LogP contribution is -2.53. The molecule has 0 spiro atoms. The Kier molecular flexibility index (Phi) is 6.50. The second-order valence-electron chi connectivity index (χ2n) is 7.13. The van der Waals surface area contributed by atoms with Gasteiger partial charge in [-0.2, -0.15) is 0 Å². The summed E-state index contributed by atoms with van der Waals surface area (Å²) in [4.78, 5) is 16.6. The molecule has 0 aliphatic carbocycles. The number of guanidine groups is 1. The quantitative estimate of drug-likeness (QED) is 0.663. The molecule has 2 saturated heterocycles. The number of likely N-dealkylation sites (tertiary alicyclic amines) is 1. The lowest BCUT2D eigenvalue weighted by Gasteiger charge is -2.37. The number of aromatic nitrogens is 1. The van der Waals surface area contributed by atoms with Crippen LogP contribution in [0.4, 0.5) is 5.82 Å². The van der Waals surface area contributed by atoms with E-state index in [1.807, 2.05) is 12.3 Å². The summed E-state index contributed by atoms with van der Waals surface area (Å²) in [6.07, 6.45) is 4.48.